The first-order valence-electron chi connectivity index (χ1n) is 6.41. The molecule has 1 atom stereocenters. The van der Waals surface area contributed by atoms with Crippen molar-refractivity contribution in [2.75, 3.05) is 20.1 Å². The van der Waals surface area contributed by atoms with Crippen molar-refractivity contribution in [3.05, 3.63) is 35.9 Å². The molecule has 0 radical (unpaired) electrons. The van der Waals surface area contributed by atoms with Gasteiger partial charge in [0.25, 0.3) is 0 Å². The summed E-state index contributed by atoms with van der Waals surface area (Å²) in [5.74, 6) is 0. The average Bonchev–Trinajstić information content (AvgIpc) is 2.90. The third kappa shape index (κ3) is 3.74. The minimum absolute atomic E-state index is 0.257. The number of carbonyl (C=O) groups is 1. The van der Waals surface area contributed by atoms with E-state index in [4.69, 9.17) is 4.74 Å². The van der Waals surface area contributed by atoms with E-state index < -0.39 is 0 Å². The van der Waals surface area contributed by atoms with Gasteiger partial charge in [-0.1, -0.05) is 30.3 Å². The molecule has 1 N–H and O–H groups in total. The monoisotopic (exact) mass is 248 g/mol. The molecule has 1 aliphatic rings. The Balaban J connectivity index is 1.73. The van der Waals surface area contributed by atoms with E-state index in [1.807, 2.05) is 30.3 Å². The van der Waals surface area contributed by atoms with Crippen LogP contribution in [0.4, 0.5) is 4.79 Å². The molecule has 1 aromatic rings. The fourth-order valence-corrected chi connectivity index (χ4v) is 2.15. The molecule has 4 heteroatoms. The minimum Gasteiger partial charge on any atom is -0.445 e. The summed E-state index contributed by atoms with van der Waals surface area (Å²) in [6.07, 6.45) is 2.07. The van der Waals surface area contributed by atoms with E-state index in [1.165, 1.54) is 6.42 Å². The molecule has 0 bridgehead atoms. The first-order valence-corrected chi connectivity index (χ1v) is 6.41. The third-order valence-corrected chi connectivity index (χ3v) is 3.17. The second kappa shape index (κ2) is 6.40. The maximum absolute atomic E-state index is 11.8. The Bertz CT molecular complexity index is 375. The predicted octanol–water partition coefficient (Wildman–Crippen LogP) is 2.01. The lowest BCUT2D eigenvalue weighted by Gasteiger charge is -2.20. The van der Waals surface area contributed by atoms with Gasteiger partial charge >= 0.3 is 6.09 Å². The fraction of sp³-hybridized carbons (Fsp3) is 0.500. The molecule has 1 fully saturated rings. The summed E-state index contributed by atoms with van der Waals surface area (Å²) in [4.78, 5) is 13.4. The van der Waals surface area contributed by atoms with Crippen molar-refractivity contribution >= 4 is 6.09 Å². The molecule has 0 unspecified atom stereocenters. The van der Waals surface area contributed by atoms with Crippen molar-refractivity contribution in [3.8, 4) is 0 Å². The van der Waals surface area contributed by atoms with Gasteiger partial charge in [0.15, 0.2) is 0 Å². The van der Waals surface area contributed by atoms with Crippen LogP contribution >= 0.6 is 0 Å². The molecular weight excluding hydrogens is 228 g/mol. The number of carbonyl (C=O) groups excluding carboxylic acids is 1. The first kappa shape index (κ1) is 12.9. The lowest BCUT2D eigenvalue weighted by molar-refractivity contribution is 0.102. The Hall–Kier alpha value is -1.55. The zero-order valence-corrected chi connectivity index (χ0v) is 10.8. The number of rotatable bonds is 4. The quantitative estimate of drug-likeness (QED) is 0.886. The maximum atomic E-state index is 11.8. The molecule has 1 heterocycles. The van der Waals surface area contributed by atoms with Gasteiger partial charge in [0, 0.05) is 19.6 Å². The van der Waals surface area contributed by atoms with E-state index in [0.29, 0.717) is 19.2 Å². The van der Waals surface area contributed by atoms with Gasteiger partial charge in [-0.05, 0) is 24.9 Å². The Morgan fingerprint density at radius 3 is 2.89 bits per heavy atom. The fourth-order valence-electron chi connectivity index (χ4n) is 2.15. The first-order chi connectivity index (χ1) is 8.75. The molecule has 0 spiro atoms. The molecule has 1 saturated heterocycles. The van der Waals surface area contributed by atoms with Crippen molar-refractivity contribution in [1.82, 2.24) is 10.2 Å². The van der Waals surface area contributed by atoms with E-state index in [9.17, 15) is 4.79 Å². The van der Waals surface area contributed by atoms with Gasteiger partial charge in [0.1, 0.15) is 6.61 Å². The van der Waals surface area contributed by atoms with Crippen LogP contribution in [0.5, 0.6) is 0 Å². The van der Waals surface area contributed by atoms with Gasteiger partial charge in [0.05, 0.1) is 0 Å². The molecule has 0 saturated carbocycles. The minimum atomic E-state index is -0.257. The number of nitrogens with one attached hydrogen (secondary N) is 1. The average molecular weight is 248 g/mol. The van der Waals surface area contributed by atoms with Crippen LogP contribution in [0.1, 0.15) is 18.4 Å². The molecule has 0 aliphatic carbocycles. The zero-order chi connectivity index (χ0) is 12.8. The number of benzene rings is 1. The summed E-state index contributed by atoms with van der Waals surface area (Å²) in [6.45, 7) is 2.10. The normalized spacial score (nSPS) is 18.6. The number of ether oxygens (including phenoxy) is 1. The number of hydrogen-bond donors (Lipinski definition) is 1. The SMILES string of the molecule is CN(C[C@H]1CCCN1)C(=O)OCc1ccccc1. The zero-order valence-electron chi connectivity index (χ0n) is 10.8. The van der Waals surface area contributed by atoms with Crippen molar-refractivity contribution in [1.29, 1.82) is 0 Å². The summed E-state index contributed by atoms with van der Waals surface area (Å²) in [5.41, 5.74) is 1.01. The molecule has 1 amide bonds. The molecule has 2 rings (SSSR count). The standard InChI is InChI=1S/C14H20N2O2/c1-16(10-13-8-5-9-15-13)14(17)18-11-12-6-3-2-4-7-12/h2-4,6-7,13,15H,5,8-11H2,1H3/t13-/m1/s1. The Labute approximate surface area is 108 Å². The smallest absolute Gasteiger partial charge is 0.409 e. The van der Waals surface area contributed by atoms with Crippen LogP contribution in [-0.4, -0.2) is 37.2 Å². The van der Waals surface area contributed by atoms with Crippen LogP contribution in [0, 0.1) is 0 Å². The van der Waals surface area contributed by atoms with Crippen molar-refractivity contribution in [2.45, 2.75) is 25.5 Å². The highest BCUT2D eigenvalue weighted by Crippen LogP contribution is 2.07. The van der Waals surface area contributed by atoms with Gasteiger partial charge in [0.2, 0.25) is 0 Å². The largest absolute Gasteiger partial charge is 0.445 e. The second-order valence-corrected chi connectivity index (χ2v) is 4.71. The second-order valence-electron chi connectivity index (χ2n) is 4.71. The van der Waals surface area contributed by atoms with Crippen molar-refractivity contribution in [2.24, 2.45) is 0 Å². The van der Waals surface area contributed by atoms with Crippen LogP contribution in [0.3, 0.4) is 0 Å². The number of amides is 1. The molecule has 1 aromatic carbocycles. The lowest BCUT2D eigenvalue weighted by atomic mass is 10.2. The Morgan fingerprint density at radius 2 is 2.22 bits per heavy atom. The summed E-state index contributed by atoms with van der Waals surface area (Å²) < 4.78 is 5.26. The van der Waals surface area contributed by atoms with Crippen LogP contribution in [0.15, 0.2) is 30.3 Å². The van der Waals surface area contributed by atoms with Gasteiger partial charge in [-0.25, -0.2) is 4.79 Å². The van der Waals surface area contributed by atoms with Crippen LogP contribution < -0.4 is 5.32 Å². The molecule has 98 valence electrons. The molecular formula is C14H20N2O2. The van der Waals surface area contributed by atoms with Gasteiger partial charge < -0.3 is 15.0 Å². The van der Waals surface area contributed by atoms with E-state index in [2.05, 4.69) is 5.32 Å². The van der Waals surface area contributed by atoms with E-state index in [-0.39, 0.29) is 6.09 Å². The van der Waals surface area contributed by atoms with Crippen molar-refractivity contribution in [3.63, 3.8) is 0 Å². The van der Waals surface area contributed by atoms with Gasteiger partial charge in [-0.15, -0.1) is 0 Å². The Morgan fingerprint density at radius 1 is 1.44 bits per heavy atom. The van der Waals surface area contributed by atoms with E-state index in [1.54, 1.807) is 11.9 Å². The summed E-state index contributed by atoms with van der Waals surface area (Å²) in [6, 6.07) is 10.1. The van der Waals surface area contributed by atoms with Gasteiger partial charge in [-0.3, -0.25) is 0 Å². The summed E-state index contributed by atoms with van der Waals surface area (Å²) in [7, 11) is 1.79. The van der Waals surface area contributed by atoms with Crippen LogP contribution in [-0.2, 0) is 11.3 Å². The summed E-state index contributed by atoms with van der Waals surface area (Å²) in [5, 5.41) is 3.37. The highest BCUT2D eigenvalue weighted by molar-refractivity contribution is 5.67. The van der Waals surface area contributed by atoms with E-state index in [0.717, 1.165) is 18.5 Å². The predicted molar refractivity (Wildman–Crippen MR) is 70.3 cm³/mol. The van der Waals surface area contributed by atoms with E-state index >= 15 is 0 Å². The highest BCUT2D eigenvalue weighted by Gasteiger charge is 2.19. The van der Waals surface area contributed by atoms with Crippen LogP contribution in [0.2, 0.25) is 0 Å². The highest BCUT2D eigenvalue weighted by atomic mass is 16.6. The Kier molecular flexibility index (Phi) is 4.59. The number of likely N-dealkylation sites (N-methyl/N-ethyl adjacent to an activating group) is 1. The third-order valence-electron chi connectivity index (χ3n) is 3.17. The topological polar surface area (TPSA) is 41.6 Å². The molecule has 18 heavy (non-hydrogen) atoms. The molecule has 4 nitrogen and oxygen atoms in total. The summed E-state index contributed by atoms with van der Waals surface area (Å²) >= 11 is 0. The molecule has 0 aromatic heterocycles. The maximum Gasteiger partial charge on any atom is 0.409 e. The van der Waals surface area contributed by atoms with Crippen LogP contribution in [0.25, 0.3) is 0 Å². The number of hydrogen-bond acceptors (Lipinski definition) is 3. The lowest BCUT2D eigenvalue weighted by Crippen LogP contribution is -2.38. The molecule has 1 aliphatic heterocycles. The van der Waals surface area contributed by atoms with Crippen molar-refractivity contribution < 1.29 is 9.53 Å². The van der Waals surface area contributed by atoms with Gasteiger partial charge in [-0.2, -0.15) is 0 Å². The number of nitrogens with zero attached hydrogens (tertiary/aromatic N) is 1.